The highest BCUT2D eigenvalue weighted by Crippen LogP contribution is 2.52. The molecule has 0 radical (unpaired) electrons. The third kappa shape index (κ3) is 4.51. The predicted octanol–water partition coefficient (Wildman–Crippen LogP) is 11.0. The molecule has 7 aromatic carbocycles. The van der Waals surface area contributed by atoms with Gasteiger partial charge in [-0.3, -0.25) is 4.99 Å². The fourth-order valence-electron chi connectivity index (χ4n) is 7.16. The van der Waals surface area contributed by atoms with E-state index < -0.39 is 0 Å². The zero-order valence-electron chi connectivity index (χ0n) is 26.4. The van der Waals surface area contributed by atoms with Crippen molar-refractivity contribution in [3.05, 3.63) is 180 Å². The zero-order valence-corrected chi connectivity index (χ0v) is 26.4. The molecular formula is C44H29N3O2. The Labute approximate surface area is 283 Å². The molecule has 10 rings (SSSR count). The molecule has 232 valence electrons. The second-order valence-corrected chi connectivity index (χ2v) is 12.4. The molecule has 3 heterocycles. The summed E-state index contributed by atoms with van der Waals surface area (Å²) in [6, 6.07) is 54.5. The van der Waals surface area contributed by atoms with E-state index in [9.17, 15) is 0 Å². The molecule has 2 aliphatic heterocycles. The number of nitrogens with one attached hydrogen (secondary N) is 1. The van der Waals surface area contributed by atoms with Crippen molar-refractivity contribution in [2.45, 2.75) is 6.17 Å². The lowest BCUT2D eigenvalue weighted by atomic mass is 10.0. The van der Waals surface area contributed by atoms with Gasteiger partial charge in [0.15, 0.2) is 23.0 Å². The first-order valence-corrected chi connectivity index (χ1v) is 16.5. The summed E-state index contributed by atoms with van der Waals surface area (Å²) in [4.78, 5) is 5.24. The van der Waals surface area contributed by atoms with Gasteiger partial charge in [-0.05, 0) is 64.6 Å². The smallest absolute Gasteiger partial charge is 0.194 e. The van der Waals surface area contributed by atoms with Gasteiger partial charge in [-0.1, -0.05) is 121 Å². The van der Waals surface area contributed by atoms with Crippen LogP contribution < -0.4 is 14.8 Å². The van der Waals surface area contributed by atoms with Crippen LogP contribution in [0.1, 0.15) is 22.9 Å². The summed E-state index contributed by atoms with van der Waals surface area (Å²) in [7, 11) is 0. The standard InChI is InChI=1S/C44H29N3O2/c1-3-13-29(14-4-1)36-27-37(30-15-5-2-6-16-30)46-44(45-36)31-17-11-18-32(26-31)47-38-21-10-9-20-34(38)35-23-25-40-43(41(35)47)49-39-24-22-28-12-7-8-19-33(28)42(39)48-40/h1-27,44-45H. The van der Waals surface area contributed by atoms with Crippen molar-refractivity contribution in [1.82, 2.24) is 9.88 Å². The third-order valence-electron chi connectivity index (χ3n) is 9.46. The van der Waals surface area contributed by atoms with Gasteiger partial charge in [0.25, 0.3) is 0 Å². The first kappa shape index (κ1) is 27.5. The van der Waals surface area contributed by atoms with Gasteiger partial charge in [0, 0.05) is 27.5 Å². The number of allylic oxidation sites excluding steroid dienone is 1. The van der Waals surface area contributed by atoms with Crippen LogP contribution in [0.4, 0.5) is 0 Å². The average Bonchev–Trinajstić information content (AvgIpc) is 3.53. The van der Waals surface area contributed by atoms with Crippen molar-refractivity contribution < 1.29 is 9.47 Å². The lowest BCUT2D eigenvalue weighted by molar-refractivity contribution is 0.366. The topological polar surface area (TPSA) is 47.8 Å². The minimum Gasteiger partial charge on any atom is -0.449 e. The molecule has 1 N–H and O–H groups in total. The number of hydrogen-bond acceptors (Lipinski definition) is 4. The summed E-state index contributed by atoms with van der Waals surface area (Å²) in [6.07, 6.45) is 1.85. The largest absolute Gasteiger partial charge is 0.449 e. The van der Waals surface area contributed by atoms with E-state index in [1.165, 1.54) is 0 Å². The Kier molecular flexibility index (Phi) is 6.18. The summed E-state index contributed by atoms with van der Waals surface area (Å²) in [5.41, 5.74) is 8.29. The third-order valence-corrected chi connectivity index (χ3v) is 9.46. The molecule has 0 aliphatic carbocycles. The maximum Gasteiger partial charge on any atom is 0.194 e. The van der Waals surface area contributed by atoms with Crippen molar-refractivity contribution in [3.8, 4) is 28.7 Å². The molecule has 0 amide bonds. The first-order chi connectivity index (χ1) is 24.3. The van der Waals surface area contributed by atoms with E-state index in [0.717, 1.165) is 72.1 Å². The summed E-state index contributed by atoms with van der Waals surface area (Å²) in [6.45, 7) is 0. The molecule has 1 atom stereocenters. The van der Waals surface area contributed by atoms with Crippen LogP contribution >= 0.6 is 0 Å². The van der Waals surface area contributed by atoms with Crippen LogP contribution in [0.2, 0.25) is 0 Å². The van der Waals surface area contributed by atoms with E-state index in [2.05, 4.69) is 137 Å². The molecule has 8 aromatic rings. The van der Waals surface area contributed by atoms with Gasteiger partial charge in [0.1, 0.15) is 11.7 Å². The first-order valence-electron chi connectivity index (χ1n) is 16.5. The van der Waals surface area contributed by atoms with Crippen LogP contribution in [0.25, 0.3) is 44.0 Å². The lowest BCUT2D eigenvalue weighted by Gasteiger charge is -2.26. The molecule has 2 aliphatic rings. The number of ether oxygens (including phenoxy) is 2. The van der Waals surface area contributed by atoms with Crippen molar-refractivity contribution >= 4 is 44.0 Å². The predicted molar refractivity (Wildman–Crippen MR) is 198 cm³/mol. The van der Waals surface area contributed by atoms with Crippen LogP contribution in [0, 0.1) is 0 Å². The minimum atomic E-state index is -0.294. The van der Waals surface area contributed by atoms with Crippen molar-refractivity contribution in [1.29, 1.82) is 0 Å². The molecule has 0 saturated heterocycles. The number of aromatic nitrogens is 1. The molecule has 0 saturated carbocycles. The second kappa shape index (κ2) is 11.0. The van der Waals surface area contributed by atoms with Gasteiger partial charge in [0.2, 0.25) is 0 Å². The van der Waals surface area contributed by atoms with Crippen LogP contribution in [0.15, 0.2) is 169 Å². The normalized spacial score (nSPS) is 15.1. The van der Waals surface area contributed by atoms with Crippen LogP contribution in [-0.4, -0.2) is 10.3 Å². The van der Waals surface area contributed by atoms with Crippen molar-refractivity contribution in [2.75, 3.05) is 0 Å². The molecule has 0 fully saturated rings. The van der Waals surface area contributed by atoms with Gasteiger partial charge in [-0.15, -0.1) is 0 Å². The van der Waals surface area contributed by atoms with Crippen LogP contribution in [0.3, 0.4) is 0 Å². The summed E-state index contributed by atoms with van der Waals surface area (Å²) in [5.74, 6) is 2.85. The van der Waals surface area contributed by atoms with E-state index >= 15 is 0 Å². The van der Waals surface area contributed by atoms with Gasteiger partial charge < -0.3 is 19.4 Å². The average molecular weight is 632 g/mol. The van der Waals surface area contributed by atoms with Crippen LogP contribution in [0.5, 0.6) is 23.0 Å². The second-order valence-electron chi connectivity index (χ2n) is 12.4. The number of nitrogens with zero attached hydrogens (tertiary/aromatic N) is 2. The Morgan fingerprint density at radius 1 is 0.551 bits per heavy atom. The minimum absolute atomic E-state index is 0.294. The molecule has 5 heteroatoms. The molecule has 1 aromatic heterocycles. The highest BCUT2D eigenvalue weighted by molar-refractivity contribution is 6.13. The number of rotatable bonds is 4. The van der Waals surface area contributed by atoms with Gasteiger partial charge in [-0.2, -0.15) is 0 Å². The summed E-state index contributed by atoms with van der Waals surface area (Å²) >= 11 is 0. The van der Waals surface area contributed by atoms with Gasteiger partial charge in [-0.25, -0.2) is 0 Å². The maximum absolute atomic E-state index is 6.78. The molecule has 49 heavy (non-hydrogen) atoms. The Morgan fingerprint density at radius 2 is 1.24 bits per heavy atom. The fourth-order valence-corrected chi connectivity index (χ4v) is 7.16. The number of aliphatic imine (C=N–C) groups is 1. The zero-order chi connectivity index (χ0) is 32.3. The van der Waals surface area contributed by atoms with Crippen LogP contribution in [-0.2, 0) is 0 Å². The molecule has 1 unspecified atom stereocenters. The molecule has 0 bridgehead atoms. The number of fused-ring (bicyclic) bond motifs is 8. The summed E-state index contributed by atoms with van der Waals surface area (Å²) < 4.78 is 15.7. The molecule has 5 nitrogen and oxygen atoms in total. The Bertz CT molecular complexity index is 2640. The molecule has 0 spiro atoms. The number of para-hydroxylation sites is 1. The number of benzene rings is 7. The van der Waals surface area contributed by atoms with Crippen molar-refractivity contribution in [2.24, 2.45) is 4.99 Å². The lowest BCUT2D eigenvalue weighted by Crippen LogP contribution is -2.25. The van der Waals surface area contributed by atoms with E-state index in [1.807, 2.05) is 36.4 Å². The van der Waals surface area contributed by atoms with Crippen molar-refractivity contribution in [3.63, 3.8) is 0 Å². The quantitative estimate of drug-likeness (QED) is 0.210. The number of hydrogen-bond donors (Lipinski definition) is 1. The van der Waals surface area contributed by atoms with E-state index in [-0.39, 0.29) is 6.17 Å². The van der Waals surface area contributed by atoms with Gasteiger partial charge in [0.05, 0.1) is 11.2 Å². The Hall–Kier alpha value is -6.59. The SMILES string of the molecule is C1=C(c2ccccc2)NC(c2cccc(-n3c4ccccc4c4ccc5c(c43)Oc3ccc4ccccc4c3O5)c2)N=C1c1ccccc1. The Balaban J connectivity index is 1.13. The maximum atomic E-state index is 6.78. The fraction of sp³-hybridized carbons (Fsp3) is 0.0227. The highest BCUT2D eigenvalue weighted by Gasteiger charge is 2.27. The van der Waals surface area contributed by atoms with Gasteiger partial charge >= 0.3 is 0 Å². The monoisotopic (exact) mass is 631 g/mol. The molecular weight excluding hydrogens is 603 g/mol. The Morgan fingerprint density at radius 3 is 2.10 bits per heavy atom. The van der Waals surface area contributed by atoms with E-state index in [4.69, 9.17) is 14.5 Å². The van der Waals surface area contributed by atoms with E-state index in [0.29, 0.717) is 17.2 Å². The van der Waals surface area contributed by atoms with E-state index in [1.54, 1.807) is 0 Å². The highest BCUT2D eigenvalue weighted by atomic mass is 16.6. The summed E-state index contributed by atoms with van der Waals surface area (Å²) in [5, 5.41) is 8.11.